The Balaban J connectivity index is 2.04. The maximum Gasteiger partial charge on any atom is 0.242 e. The van der Waals surface area contributed by atoms with E-state index in [9.17, 15) is 8.42 Å². The Morgan fingerprint density at radius 1 is 1.48 bits per heavy atom. The minimum Gasteiger partial charge on any atom is -0.381 e. The fourth-order valence-corrected chi connectivity index (χ4v) is 3.17. The van der Waals surface area contributed by atoms with Crippen LogP contribution in [-0.2, 0) is 14.8 Å². The van der Waals surface area contributed by atoms with E-state index in [1.54, 1.807) is 0 Å². The summed E-state index contributed by atoms with van der Waals surface area (Å²) in [5, 5.41) is 0. The first kappa shape index (κ1) is 15.9. The zero-order valence-corrected chi connectivity index (χ0v) is 12.5. The molecule has 1 aliphatic rings. The number of nitrogens with zero attached hydrogens (tertiary/aromatic N) is 1. The molecule has 21 heavy (non-hydrogen) atoms. The van der Waals surface area contributed by atoms with Crippen LogP contribution in [0.25, 0.3) is 0 Å². The van der Waals surface area contributed by atoms with Crippen LogP contribution < -0.4 is 10.5 Å². The van der Waals surface area contributed by atoms with Crippen molar-refractivity contribution in [1.82, 2.24) is 9.71 Å². The minimum atomic E-state index is -3.57. The summed E-state index contributed by atoms with van der Waals surface area (Å²) in [7, 11) is -3.57. The highest BCUT2D eigenvalue weighted by molar-refractivity contribution is 7.89. The van der Waals surface area contributed by atoms with Crippen LogP contribution in [-0.4, -0.2) is 39.7 Å². The maximum atomic E-state index is 12.2. The van der Waals surface area contributed by atoms with Gasteiger partial charge in [-0.1, -0.05) is 11.8 Å². The van der Waals surface area contributed by atoms with Gasteiger partial charge in [0.15, 0.2) is 0 Å². The van der Waals surface area contributed by atoms with E-state index in [0.29, 0.717) is 18.7 Å². The van der Waals surface area contributed by atoms with Crippen LogP contribution in [0.2, 0.25) is 0 Å². The van der Waals surface area contributed by atoms with Crippen molar-refractivity contribution >= 4 is 10.0 Å². The third-order valence-electron chi connectivity index (χ3n) is 3.17. The average Bonchev–Trinajstić information content (AvgIpc) is 2.52. The molecule has 0 bridgehead atoms. The number of sulfonamides is 1. The molecule has 0 amide bonds. The monoisotopic (exact) mass is 309 g/mol. The van der Waals surface area contributed by atoms with Crippen LogP contribution in [0.15, 0.2) is 23.4 Å². The van der Waals surface area contributed by atoms with Crippen molar-refractivity contribution in [3.05, 3.63) is 24.0 Å². The number of ether oxygens (including phenoxy) is 1. The van der Waals surface area contributed by atoms with Gasteiger partial charge in [-0.3, -0.25) is 4.98 Å². The van der Waals surface area contributed by atoms with E-state index in [2.05, 4.69) is 21.5 Å². The number of pyridine rings is 1. The Morgan fingerprint density at radius 3 is 3.05 bits per heavy atom. The van der Waals surface area contributed by atoms with Crippen LogP contribution in [0.4, 0.5) is 0 Å². The zero-order chi connectivity index (χ0) is 15.1. The molecule has 7 heteroatoms. The van der Waals surface area contributed by atoms with Crippen LogP contribution in [0.1, 0.15) is 18.4 Å². The van der Waals surface area contributed by atoms with Gasteiger partial charge in [0.25, 0.3) is 0 Å². The third kappa shape index (κ3) is 4.79. The fraction of sp³-hybridized carbons (Fsp3) is 0.500. The van der Waals surface area contributed by atoms with Crippen molar-refractivity contribution in [1.29, 1.82) is 0 Å². The lowest BCUT2D eigenvalue weighted by molar-refractivity contribution is 0.0568. The fourth-order valence-electron chi connectivity index (χ4n) is 2.07. The summed E-state index contributed by atoms with van der Waals surface area (Å²) in [5.74, 6) is 5.67. The molecule has 0 radical (unpaired) electrons. The smallest absolute Gasteiger partial charge is 0.242 e. The van der Waals surface area contributed by atoms with Crippen LogP contribution in [0.5, 0.6) is 0 Å². The van der Waals surface area contributed by atoms with Gasteiger partial charge < -0.3 is 10.5 Å². The van der Waals surface area contributed by atoms with Crippen molar-refractivity contribution in [3.8, 4) is 11.8 Å². The largest absolute Gasteiger partial charge is 0.381 e. The normalized spacial score (nSPS) is 18.8. The second-order valence-electron chi connectivity index (χ2n) is 4.85. The Kier molecular flexibility index (Phi) is 5.70. The number of nitrogens with one attached hydrogen (secondary N) is 1. The number of nitrogens with two attached hydrogens (primary N) is 1. The summed E-state index contributed by atoms with van der Waals surface area (Å²) >= 11 is 0. The molecule has 1 atom stereocenters. The summed E-state index contributed by atoms with van der Waals surface area (Å²) in [5.41, 5.74) is 5.83. The summed E-state index contributed by atoms with van der Waals surface area (Å²) in [6.07, 6.45) is 4.77. The van der Waals surface area contributed by atoms with Gasteiger partial charge in [-0.15, -0.1) is 0 Å². The van der Waals surface area contributed by atoms with E-state index in [1.165, 1.54) is 18.5 Å². The summed E-state index contributed by atoms with van der Waals surface area (Å²) in [4.78, 5) is 4.03. The van der Waals surface area contributed by atoms with E-state index in [0.717, 1.165) is 19.4 Å². The molecule has 1 saturated heterocycles. The topological polar surface area (TPSA) is 94.3 Å². The number of rotatable bonds is 4. The predicted molar refractivity (Wildman–Crippen MR) is 78.9 cm³/mol. The molecule has 2 heterocycles. The third-order valence-corrected chi connectivity index (χ3v) is 4.57. The summed E-state index contributed by atoms with van der Waals surface area (Å²) in [6.45, 7) is 1.95. The summed E-state index contributed by atoms with van der Waals surface area (Å²) in [6, 6.07) is 1.50. The van der Waals surface area contributed by atoms with E-state index in [-0.39, 0.29) is 17.4 Å². The number of aromatic nitrogens is 1. The molecule has 3 N–H and O–H groups in total. The molecule has 1 unspecified atom stereocenters. The first-order valence-corrected chi connectivity index (χ1v) is 8.31. The lowest BCUT2D eigenvalue weighted by Gasteiger charge is -2.22. The molecule has 1 aliphatic heterocycles. The highest BCUT2D eigenvalue weighted by atomic mass is 32.2. The Morgan fingerprint density at radius 2 is 2.33 bits per heavy atom. The van der Waals surface area contributed by atoms with E-state index < -0.39 is 10.0 Å². The van der Waals surface area contributed by atoms with Crippen molar-refractivity contribution in [2.75, 3.05) is 26.3 Å². The maximum absolute atomic E-state index is 12.2. The Labute approximate surface area is 125 Å². The zero-order valence-electron chi connectivity index (χ0n) is 11.7. The van der Waals surface area contributed by atoms with Crippen LogP contribution in [0, 0.1) is 17.8 Å². The van der Waals surface area contributed by atoms with Gasteiger partial charge in [-0.25, -0.2) is 13.1 Å². The molecule has 2 rings (SSSR count). The molecule has 114 valence electrons. The molecule has 0 spiro atoms. The van der Waals surface area contributed by atoms with Crippen molar-refractivity contribution in [3.63, 3.8) is 0 Å². The Bertz CT molecular complexity index is 628. The molecule has 1 fully saturated rings. The minimum absolute atomic E-state index is 0.114. The van der Waals surface area contributed by atoms with Crippen LogP contribution >= 0.6 is 0 Å². The highest BCUT2D eigenvalue weighted by Gasteiger charge is 2.19. The molecule has 0 saturated carbocycles. The predicted octanol–water partition coefficient (Wildman–Crippen LogP) is 0.0967. The SMILES string of the molecule is NCC#Cc1cncc(S(=O)(=O)NCC2CCCOC2)c1. The second kappa shape index (κ2) is 7.52. The van der Waals surface area contributed by atoms with E-state index >= 15 is 0 Å². The molecule has 1 aromatic rings. The van der Waals surface area contributed by atoms with Gasteiger partial charge >= 0.3 is 0 Å². The molecule has 0 aromatic carbocycles. The standard InChI is InChI=1S/C14H19N3O3S/c15-5-1-3-12-7-14(10-16-8-12)21(18,19)17-9-13-4-2-6-20-11-13/h7-8,10,13,17H,2,4-6,9,11,15H2. The summed E-state index contributed by atoms with van der Waals surface area (Å²) < 4.78 is 32.4. The molecule has 1 aromatic heterocycles. The van der Waals surface area contributed by atoms with Gasteiger partial charge in [-0.2, -0.15) is 0 Å². The number of hydrogen-bond acceptors (Lipinski definition) is 5. The second-order valence-corrected chi connectivity index (χ2v) is 6.62. The molecular formula is C14H19N3O3S. The first-order valence-electron chi connectivity index (χ1n) is 6.83. The molecular weight excluding hydrogens is 290 g/mol. The van der Waals surface area contributed by atoms with Crippen molar-refractivity contribution < 1.29 is 13.2 Å². The van der Waals surface area contributed by atoms with E-state index in [1.807, 2.05) is 0 Å². The molecule has 6 nitrogen and oxygen atoms in total. The van der Waals surface area contributed by atoms with Crippen molar-refractivity contribution in [2.45, 2.75) is 17.7 Å². The van der Waals surface area contributed by atoms with Gasteiger partial charge in [0, 0.05) is 31.1 Å². The van der Waals surface area contributed by atoms with Crippen LogP contribution in [0.3, 0.4) is 0 Å². The van der Waals surface area contributed by atoms with E-state index in [4.69, 9.17) is 10.5 Å². The highest BCUT2D eigenvalue weighted by Crippen LogP contribution is 2.14. The average molecular weight is 309 g/mol. The first-order chi connectivity index (χ1) is 10.1. The quantitative estimate of drug-likeness (QED) is 0.769. The molecule has 0 aliphatic carbocycles. The van der Waals surface area contributed by atoms with Gasteiger partial charge in [0.05, 0.1) is 13.2 Å². The van der Waals surface area contributed by atoms with Gasteiger partial charge in [-0.05, 0) is 24.8 Å². The Hall–Kier alpha value is -1.46. The van der Waals surface area contributed by atoms with Gasteiger partial charge in [0.2, 0.25) is 10.0 Å². The van der Waals surface area contributed by atoms with Gasteiger partial charge in [0.1, 0.15) is 4.90 Å². The lowest BCUT2D eigenvalue weighted by atomic mass is 10.0. The lowest BCUT2D eigenvalue weighted by Crippen LogP contribution is -2.33. The number of hydrogen-bond donors (Lipinski definition) is 2. The van der Waals surface area contributed by atoms with Crippen molar-refractivity contribution in [2.24, 2.45) is 11.7 Å².